The van der Waals surface area contributed by atoms with Gasteiger partial charge in [0, 0.05) is 11.1 Å². The van der Waals surface area contributed by atoms with Gasteiger partial charge in [-0.15, -0.1) is 0 Å². The third-order valence-corrected chi connectivity index (χ3v) is 3.51. The first kappa shape index (κ1) is 17.8. The molecule has 0 unspecified atom stereocenters. The third-order valence-electron chi connectivity index (χ3n) is 3.51. The zero-order chi connectivity index (χ0) is 18.9. The first-order chi connectivity index (χ1) is 12.1. The topological polar surface area (TPSA) is 38.7 Å². The number of nitrogens with zero attached hydrogens (tertiary/aromatic N) is 3. The van der Waals surface area contributed by atoms with Crippen molar-refractivity contribution in [2.24, 2.45) is 0 Å². The molecule has 0 atom stereocenters. The highest BCUT2D eigenvalue weighted by atomic mass is 19.4. The summed E-state index contributed by atoms with van der Waals surface area (Å²) in [6.07, 6.45) is -7.76. The second-order valence-electron chi connectivity index (χ2n) is 5.28. The Balaban J connectivity index is 1.91. The summed E-state index contributed by atoms with van der Waals surface area (Å²) in [5.41, 5.74) is -0.960. The van der Waals surface area contributed by atoms with Crippen molar-refractivity contribution < 1.29 is 26.3 Å². The lowest BCUT2D eigenvalue weighted by Crippen LogP contribution is -2.05. The molecule has 0 aliphatic heterocycles. The summed E-state index contributed by atoms with van der Waals surface area (Å²) in [6.45, 7) is 0. The van der Waals surface area contributed by atoms with Crippen molar-refractivity contribution in [2.75, 3.05) is 0 Å². The molecule has 0 N–H and O–H groups in total. The van der Waals surface area contributed by atoms with Crippen molar-refractivity contribution in [3.63, 3.8) is 0 Å². The lowest BCUT2D eigenvalue weighted by Gasteiger charge is -2.08. The smallest absolute Gasteiger partial charge is 0.217 e. The number of benzene rings is 2. The van der Waals surface area contributed by atoms with Gasteiger partial charge in [-0.05, 0) is 24.3 Å². The van der Waals surface area contributed by atoms with Crippen LogP contribution in [0.2, 0.25) is 0 Å². The molecule has 1 aromatic heterocycles. The second-order valence-corrected chi connectivity index (χ2v) is 5.28. The molecule has 0 saturated heterocycles. The van der Waals surface area contributed by atoms with Crippen LogP contribution in [0.1, 0.15) is 11.1 Å². The molecule has 3 aromatic rings. The molecule has 9 heteroatoms. The summed E-state index contributed by atoms with van der Waals surface area (Å²) in [4.78, 5) is 11.9. The van der Waals surface area contributed by atoms with Gasteiger partial charge in [0.05, 0.1) is 11.1 Å². The van der Waals surface area contributed by atoms with Crippen LogP contribution < -0.4 is 0 Å². The lowest BCUT2D eigenvalue weighted by molar-refractivity contribution is -0.138. The summed E-state index contributed by atoms with van der Waals surface area (Å²) >= 11 is 0. The fraction of sp³-hybridized carbons (Fsp3) is 0.118. The minimum absolute atomic E-state index is 0.114. The molecular weight excluding hydrogens is 360 g/mol. The van der Waals surface area contributed by atoms with Crippen LogP contribution in [-0.4, -0.2) is 15.0 Å². The van der Waals surface area contributed by atoms with Crippen LogP contribution in [0.25, 0.3) is 22.8 Å². The van der Waals surface area contributed by atoms with Gasteiger partial charge in [-0.25, -0.2) is 15.0 Å². The van der Waals surface area contributed by atoms with E-state index < -0.39 is 23.5 Å². The van der Waals surface area contributed by atoms with E-state index in [0.29, 0.717) is 11.1 Å². The Morgan fingerprint density at radius 3 is 1.19 bits per heavy atom. The van der Waals surface area contributed by atoms with Crippen LogP contribution in [0.4, 0.5) is 26.3 Å². The van der Waals surface area contributed by atoms with E-state index in [2.05, 4.69) is 15.0 Å². The van der Waals surface area contributed by atoms with E-state index in [4.69, 9.17) is 0 Å². The van der Waals surface area contributed by atoms with Crippen LogP contribution in [0.5, 0.6) is 0 Å². The molecule has 3 rings (SSSR count). The number of alkyl halides is 6. The largest absolute Gasteiger partial charge is 0.416 e. The lowest BCUT2D eigenvalue weighted by atomic mass is 10.1. The normalized spacial score (nSPS) is 12.2. The molecule has 0 aliphatic carbocycles. The molecular formula is C17H9F6N3. The predicted octanol–water partition coefficient (Wildman–Crippen LogP) is 5.24. The Bertz CT molecular complexity index is 827. The van der Waals surface area contributed by atoms with E-state index in [-0.39, 0.29) is 11.6 Å². The van der Waals surface area contributed by atoms with Crippen LogP contribution in [0.15, 0.2) is 54.9 Å². The molecule has 0 bridgehead atoms. The summed E-state index contributed by atoms with van der Waals surface area (Å²) in [5.74, 6) is 0.229. The van der Waals surface area contributed by atoms with Crippen molar-refractivity contribution >= 4 is 0 Å². The number of aromatic nitrogens is 3. The summed E-state index contributed by atoms with van der Waals surface area (Å²) in [5, 5.41) is 0. The maximum Gasteiger partial charge on any atom is 0.416 e. The Kier molecular flexibility index (Phi) is 4.39. The highest BCUT2D eigenvalue weighted by Gasteiger charge is 2.31. The van der Waals surface area contributed by atoms with Gasteiger partial charge in [0.25, 0.3) is 0 Å². The molecule has 0 radical (unpaired) electrons. The molecule has 1 heterocycles. The minimum atomic E-state index is -4.46. The van der Waals surface area contributed by atoms with Gasteiger partial charge in [0.15, 0.2) is 11.6 Å². The fourth-order valence-corrected chi connectivity index (χ4v) is 2.19. The van der Waals surface area contributed by atoms with Crippen LogP contribution in [0, 0.1) is 0 Å². The van der Waals surface area contributed by atoms with Gasteiger partial charge in [-0.3, -0.25) is 0 Å². The van der Waals surface area contributed by atoms with Crippen molar-refractivity contribution in [3.05, 3.63) is 66.0 Å². The Labute approximate surface area is 143 Å². The minimum Gasteiger partial charge on any atom is -0.217 e. The maximum absolute atomic E-state index is 12.6. The van der Waals surface area contributed by atoms with Crippen molar-refractivity contribution in [1.82, 2.24) is 15.0 Å². The first-order valence-corrected chi connectivity index (χ1v) is 7.19. The standard InChI is InChI=1S/C17H9F6N3/c18-16(19,20)12-5-1-10(2-6-12)14-24-9-25-15(26-14)11-3-7-13(8-4-11)17(21,22)23/h1-9H. The maximum atomic E-state index is 12.6. The second kappa shape index (κ2) is 6.40. The van der Waals surface area contributed by atoms with E-state index in [1.807, 2.05) is 0 Å². The molecule has 3 nitrogen and oxygen atoms in total. The quantitative estimate of drug-likeness (QED) is 0.580. The zero-order valence-electron chi connectivity index (χ0n) is 12.8. The van der Waals surface area contributed by atoms with Gasteiger partial charge in [-0.2, -0.15) is 26.3 Å². The average Bonchev–Trinajstić information content (AvgIpc) is 2.61. The van der Waals surface area contributed by atoms with Crippen LogP contribution in [0.3, 0.4) is 0 Å². The van der Waals surface area contributed by atoms with Gasteiger partial charge in [-0.1, -0.05) is 24.3 Å². The molecule has 0 saturated carbocycles. The van der Waals surface area contributed by atoms with E-state index in [1.165, 1.54) is 24.3 Å². The number of hydrogen-bond acceptors (Lipinski definition) is 3. The highest BCUT2D eigenvalue weighted by molar-refractivity contribution is 5.61. The molecule has 0 aliphatic rings. The molecule has 26 heavy (non-hydrogen) atoms. The molecule has 134 valence electrons. The van der Waals surface area contributed by atoms with Crippen LogP contribution >= 0.6 is 0 Å². The summed E-state index contributed by atoms with van der Waals surface area (Å²) in [6, 6.07) is 8.47. The first-order valence-electron chi connectivity index (χ1n) is 7.19. The molecule has 0 amide bonds. The summed E-state index contributed by atoms with van der Waals surface area (Å²) in [7, 11) is 0. The predicted molar refractivity (Wildman–Crippen MR) is 80.7 cm³/mol. The number of rotatable bonds is 2. The van der Waals surface area contributed by atoms with Gasteiger partial charge < -0.3 is 0 Å². The summed E-state index contributed by atoms with van der Waals surface area (Å²) < 4.78 is 75.6. The Hall–Kier alpha value is -2.97. The third kappa shape index (κ3) is 3.81. The SMILES string of the molecule is FC(F)(F)c1ccc(-c2ncnc(-c3ccc(C(F)(F)F)cc3)n2)cc1. The molecule has 2 aromatic carbocycles. The van der Waals surface area contributed by atoms with E-state index in [0.717, 1.165) is 30.6 Å². The Morgan fingerprint density at radius 2 is 0.885 bits per heavy atom. The highest BCUT2D eigenvalue weighted by Crippen LogP contribution is 2.32. The van der Waals surface area contributed by atoms with Gasteiger partial charge in [0.1, 0.15) is 6.33 Å². The monoisotopic (exact) mass is 369 g/mol. The number of hydrogen-bond donors (Lipinski definition) is 0. The van der Waals surface area contributed by atoms with Gasteiger partial charge in [0.2, 0.25) is 0 Å². The van der Waals surface area contributed by atoms with E-state index in [9.17, 15) is 26.3 Å². The fourth-order valence-electron chi connectivity index (χ4n) is 2.19. The molecule has 0 spiro atoms. The van der Waals surface area contributed by atoms with Crippen molar-refractivity contribution in [2.45, 2.75) is 12.4 Å². The van der Waals surface area contributed by atoms with Crippen LogP contribution in [-0.2, 0) is 12.4 Å². The average molecular weight is 369 g/mol. The van der Waals surface area contributed by atoms with Crippen molar-refractivity contribution in [3.8, 4) is 22.8 Å². The van der Waals surface area contributed by atoms with E-state index >= 15 is 0 Å². The number of halogens is 6. The Morgan fingerprint density at radius 1 is 0.538 bits per heavy atom. The van der Waals surface area contributed by atoms with Crippen molar-refractivity contribution in [1.29, 1.82) is 0 Å². The molecule has 0 fully saturated rings. The van der Waals surface area contributed by atoms with E-state index in [1.54, 1.807) is 0 Å². The van der Waals surface area contributed by atoms with Gasteiger partial charge >= 0.3 is 12.4 Å². The zero-order valence-corrected chi connectivity index (χ0v) is 12.8.